The number of amides is 1. The molecule has 0 atom stereocenters. The van der Waals surface area contributed by atoms with E-state index in [4.69, 9.17) is 12.2 Å². The van der Waals surface area contributed by atoms with Crippen molar-refractivity contribution in [3.05, 3.63) is 41.5 Å². The van der Waals surface area contributed by atoms with Gasteiger partial charge < -0.3 is 4.90 Å². The van der Waals surface area contributed by atoms with Crippen molar-refractivity contribution in [2.24, 2.45) is 0 Å². The van der Waals surface area contributed by atoms with Gasteiger partial charge in [-0.05, 0) is 50.0 Å². The topological polar surface area (TPSA) is 32.3 Å². The zero-order valence-corrected chi connectivity index (χ0v) is 12.6. The normalized spacial score (nSPS) is 15.3. The summed E-state index contributed by atoms with van der Waals surface area (Å²) >= 11 is 5.26. The van der Waals surface area contributed by atoms with E-state index in [-0.39, 0.29) is 5.91 Å². The van der Waals surface area contributed by atoms with Gasteiger partial charge in [0.1, 0.15) is 0 Å². The molecule has 3 nitrogen and oxygen atoms in total. The first-order valence-electron chi connectivity index (χ1n) is 7.00. The molecular weight excluding hydrogens is 268 g/mol. The molecule has 0 unspecified atom stereocenters. The summed E-state index contributed by atoms with van der Waals surface area (Å²) in [5, 5.41) is 3.31. The van der Waals surface area contributed by atoms with Gasteiger partial charge in [0.2, 0.25) is 5.91 Å². The second-order valence-electron chi connectivity index (χ2n) is 5.09. The summed E-state index contributed by atoms with van der Waals surface area (Å²) in [5.41, 5.74) is 2.22. The first-order chi connectivity index (χ1) is 9.65. The van der Waals surface area contributed by atoms with E-state index >= 15 is 0 Å². The van der Waals surface area contributed by atoms with Crippen LogP contribution in [-0.4, -0.2) is 29.0 Å². The molecule has 0 aliphatic carbocycles. The Morgan fingerprint density at radius 3 is 2.50 bits per heavy atom. The van der Waals surface area contributed by atoms with Crippen LogP contribution < -0.4 is 5.32 Å². The Labute approximate surface area is 125 Å². The molecular formula is C16H20N2OS. The molecule has 0 bridgehead atoms. The number of benzene rings is 1. The predicted molar refractivity (Wildman–Crippen MR) is 86.4 cm³/mol. The second kappa shape index (κ2) is 7.20. The van der Waals surface area contributed by atoms with Crippen molar-refractivity contribution in [1.82, 2.24) is 10.2 Å². The van der Waals surface area contributed by atoms with E-state index < -0.39 is 0 Å². The molecule has 1 aliphatic heterocycles. The SMILES string of the molecule is Cc1ccc(C=CC(=O)NC(=S)N2CCCCC2)cc1. The minimum absolute atomic E-state index is 0.166. The lowest BCUT2D eigenvalue weighted by molar-refractivity contribution is -0.115. The molecule has 1 amide bonds. The number of nitrogens with one attached hydrogen (secondary N) is 1. The quantitative estimate of drug-likeness (QED) is 0.671. The van der Waals surface area contributed by atoms with Crippen LogP contribution in [0.2, 0.25) is 0 Å². The van der Waals surface area contributed by atoms with Crippen LogP contribution >= 0.6 is 12.2 Å². The highest BCUT2D eigenvalue weighted by Crippen LogP contribution is 2.09. The van der Waals surface area contributed by atoms with Gasteiger partial charge in [-0.15, -0.1) is 0 Å². The molecule has 2 rings (SSSR count). The van der Waals surface area contributed by atoms with E-state index in [9.17, 15) is 4.79 Å². The molecule has 106 valence electrons. The maximum Gasteiger partial charge on any atom is 0.250 e. The Kier molecular flexibility index (Phi) is 5.30. The minimum Gasteiger partial charge on any atom is -0.349 e. The van der Waals surface area contributed by atoms with E-state index in [1.807, 2.05) is 31.2 Å². The molecule has 1 aliphatic rings. The van der Waals surface area contributed by atoms with E-state index in [0.717, 1.165) is 31.5 Å². The maximum absolute atomic E-state index is 11.8. The first kappa shape index (κ1) is 14.7. The molecule has 0 spiro atoms. The number of hydrogen-bond donors (Lipinski definition) is 1. The van der Waals surface area contributed by atoms with Gasteiger partial charge in [0.25, 0.3) is 0 Å². The predicted octanol–water partition coefficient (Wildman–Crippen LogP) is 2.90. The molecule has 1 heterocycles. The van der Waals surface area contributed by atoms with Gasteiger partial charge in [-0.1, -0.05) is 29.8 Å². The van der Waals surface area contributed by atoms with Crippen molar-refractivity contribution in [3.8, 4) is 0 Å². The first-order valence-corrected chi connectivity index (χ1v) is 7.40. The average molecular weight is 288 g/mol. The molecule has 4 heteroatoms. The fourth-order valence-corrected chi connectivity index (χ4v) is 2.46. The van der Waals surface area contributed by atoms with Crippen molar-refractivity contribution in [1.29, 1.82) is 0 Å². The van der Waals surface area contributed by atoms with Crippen molar-refractivity contribution >= 4 is 29.3 Å². The Morgan fingerprint density at radius 1 is 1.20 bits per heavy atom. The van der Waals surface area contributed by atoms with Crippen molar-refractivity contribution in [3.63, 3.8) is 0 Å². The Balaban J connectivity index is 1.85. The Hall–Kier alpha value is -1.68. The summed E-state index contributed by atoms with van der Waals surface area (Å²) in [5.74, 6) is -0.166. The molecule has 1 aromatic rings. The summed E-state index contributed by atoms with van der Waals surface area (Å²) in [4.78, 5) is 13.9. The van der Waals surface area contributed by atoms with Gasteiger partial charge >= 0.3 is 0 Å². The van der Waals surface area contributed by atoms with Crippen LogP contribution in [-0.2, 0) is 4.79 Å². The largest absolute Gasteiger partial charge is 0.349 e. The van der Waals surface area contributed by atoms with Crippen LogP contribution in [0, 0.1) is 6.92 Å². The van der Waals surface area contributed by atoms with Crippen molar-refractivity contribution in [2.75, 3.05) is 13.1 Å². The van der Waals surface area contributed by atoms with Crippen molar-refractivity contribution < 1.29 is 4.79 Å². The van der Waals surface area contributed by atoms with Gasteiger partial charge in [0.05, 0.1) is 0 Å². The minimum atomic E-state index is -0.166. The number of carbonyl (C=O) groups excluding carboxylic acids is 1. The van der Waals surface area contributed by atoms with Crippen LogP contribution in [0.3, 0.4) is 0 Å². The van der Waals surface area contributed by atoms with Crippen LogP contribution in [0.25, 0.3) is 6.08 Å². The van der Waals surface area contributed by atoms with Gasteiger partial charge in [-0.25, -0.2) is 0 Å². The number of likely N-dealkylation sites (tertiary alicyclic amines) is 1. The lowest BCUT2D eigenvalue weighted by Gasteiger charge is -2.28. The number of piperidine rings is 1. The van der Waals surface area contributed by atoms with Gasteiger partial charge in [0, 0.05) is 19.2 Å². The van der Waals surface area contributed by atoms with E-state index in [1.165, 1.54) is 18.1 Å². The number of hydrogen-bond acceptors (Lipinski definition) is 2. The highest BCUT2D eigenvalue weighted by atomic mass is 32.1. The fourth-order valence-electron chi connectivity index (χ4n) is 2.17. The fraction of sp³-hybridized carbons (Fsp3) is 0.375. The summed E-state index contributed by atoms with van der Waals surface area (Å²) in [6.07, 6.45) is 6.87. The molecule has 1 N–H and O–H groups in total. The third-order valence-electron chi connectivity index (χ3n) is 3.38. The maximum atomic E-state index is 11.8. The van der Waals surface area contributed by atoms with Gasteiger partial charge in [-0.3, -0.25) is 10.1 Å². The highest BCUT2D eigenvalue weighted by Gasteiger charge is 2.14. The summed E-state index contributed by atoms with van der Waals surface area (Å²) in [6, 6.07) is 8.02. The van der Waals surface area contributed by atoms with Crippen LogP contribution in [0.5, 0.6) is 0 Å². The van der Waals surface area contributed by atoms with Gasteiger partial charge in [0.15, 0.2) is 5.11 Å². The zero-order chi connectivity index (χ0) is 14.4. The Morgan fingerprint density at radius 2 is 1.85 bits per heavy atom. The number of rotatable bonds is 2. The molecule has 20 heavy (non-hydrogen) atoms. The smallest absolute Gasteiger partial charge is 0.250 e. The standard InChI is InChI=1S/C16H20N2OS/c1-13-5-7-14(8-6-13)9-10-15(19)17-16(20)18-11-3-2-4-12-18/h5-10H,2-4,11-12H2,1H3,(H,17,19,20). The monoisotopic (exact) mass is 288 g/mol. The zero-order valence-electron chi connectivity index (χ0n) is 11.8. The number of carbonyl (C=O) groups is 1. The number of aryl methyl sites for hydroxylation is 1. The van der Waals surface area contributed by atoms with E-state index in [2.05, 4.69) is 10.2 Å². The van der Waals surface area contributed by atoms with Crippen LogP contribution in [0.15, 0.2) is 30.3 Å². The Bertz CT molecular complexity index is 502. The summed E-state index contributed by atoms with van der Waals surface area (Å²) < 4.78 is 0. The summed E-state index contributed by atoms with van der Waals surface area (Å²) in [6.45, 7) is 3.93. The van der Waals surface area contributed by atoms with E-state index in [1.54, 1.807) is 6.08 Å². The third-order valence-corrected chi connectivity index (χ3v) is 3.74. The second-order valence-corrected chi connectivity index (χ2v) is 5.47. The third kappa shape index (κ3) is 4.46. The number of nitrogens with zero attached hydrogens (tertiary/aromatic N) is 1. The molecule has 0 radical (unpaired) electrons. The highest BCUT2D eigenvalue weighted by molar-refractivity contribution is 7.80. The van der Waals surface area contributed by atoms with Crippen LogP contribution in [0.1, 0.15) is 30.4 Å². The lowest BCUT2D eigenvalue weighted by atomic mass is 10.1. The average Bonchev–Trinajstić information content (AvgIpc) is 2.47. The van der Waals surface area contributed by atoms with E-state index in [0.29, 0.717) is 5.11 Å². The summed E-state index contributed by atoms with van der Waals surface area (Å²) in [7, 11) is 0. The van der Waals surface area contributed by atoms with Crippen LogP contribution in [0.4, 0.5) is 0 Å². The molecule has 1 fully saturated rings. The molecule has 1 aromatic carbocycles. The molecule has 0 saturated carbocycles. The van der Waals surface area contributed by atoms with Crippen molar-refractivity contribution in [2.45, 2.75) is 26.2 Å². The van der Waals surface area contributed by atoms with Gasteiger partial charge in [-0.2, -0.15) is 0 Å². The molecule has 1 saturated heterocycles. The lowest BCUT2D eigenvalue weighted by Crippen LogP contribution is -2.44. The molecule has 0 aromatic heterocycles. The number of thiocarbonyl (C=S) groups is 1.